The summed E-state index contributed by atoms with van der Waals surface area (Å²) >= 11 is 3.05. The van der Waals surface area contributed by atoms with Gasteiger partial charge in [-0.2, -0.15) is 0 Å². The van der Waals surface area contributed by atoms with E-state index in [1.165, 1.54) is 16.9 Å². The summed E-state index contributed by atoms with van der Waals surface area (Å²) in [4.78, 5) is 15.6. The number of carbonyl (C=O) groups is 1. The molecular formula is C13H16N2O2S2. The fourth-order valence-electron chi connectivity index (χ4n) is 1.76. The van der Waals surface area contributed by atoms with Crippen molar-refractivity contribution in [3.8, 4) is 0 Å². The third-order valence-electron chi connectivity index (χ3n) is 2.63. The number of nitrogens with two attached hydrogens (primary N) is 1. The van der Waals surface area contributed by atoms with Crippen molar-refractivity contribution in [3.63, 3.8) is 0 Å². The van der Waals surface area contributed by atoms with Gasteiger partial charge < -0.3 is 10.5 Å². The fourth-order valence-corrected chi connectivity index (χ4v) is 3.59. The lowest BCUT2D eigenvalue weighted by molar-refractivity contribution is -0.139. The first-order valence-corrected chi connectivity index (χ1v) is 7.96. The third-order valence-corrected chi connectivity index (χ3v) is 4.54. The fraction of sp³-hybridized carbons (Fsp3) is 0.385. The number of thiazole rings is 1. The molecule has 6 heteroatoms. The van der Waals surface area contributed by atoms with Gasteiger partial charge in [-0.25, -0.2) is 4.98 Å². The van der Waals surface area contributed by atoms with Crippen molar-refractivity contribution in [2.24, 2.45) is 0 Å². The minimum Gasteiger partial charge on any atom is -0.465 e. The number of aryl methyl sites for hydroxylation is 1. The van der Waals surface area contributed by atoms with E-state index < -0.39 is 0 Å². The number of nitrogen functional groups attached to an aromatic ring is 1. The molecular weight excluding hydrogens is 280 g/mol. The second-order valence-corrected chi connectivity index (χ2v) is 6.09. The maximum Gasteiger partial charge on any atom is 0.315 e. The van der Waals surface area contributed by atoms with Crippen molar-refractivity contribution in [2.45, 2.75) is 19.6 Å². The number of hydrogen-bond acceptors (Lipinski definition) is 6. The minimum atomic E-state index is -0.167. The Bertz CT molecular complexity index is 596. The molecule has 2 aromatic rings. The number of rotatable bonds is 5. The maximum atomic E-state index is 11.3. The summed E-state index contributed by atoms with van der Waals surface area (Å²) in [5.41, 5.74) is 9.04. The van der Waals surface area contributed by atoms with Crippen LogP contribution in [0.15, 0.2) is 12.1 Å². The molecule has 2 N–H and O–H groups in total. The van der Waals surface area contributed by atoms with Crippen molar-refractivity contribution in [3.05, 3.63) is 23.3 Å². The van der Waals surface area contributed by atoms with Gasteiger partial charge in [-0.15, -0.1) is 11.8 Å². The van der Waals surface area contributed by atoms with E-state index >= 15 is 0 Å². The van der Waals surface area contributed by atoms with E-state index in [1.807, 2.05) is 19.9 Å². The molecule has 0 atom stereocenters. The number of ether oxygens (including phenoxy) is 1. The molecule has 1 aromatic carbocycles. The van der Waals surface area contributed by atoms with Crippen LogP contribution in [0.5, 0.6) is 0 Å². The van der Waals surface area contributed by atoms with Gasteiger partial charge in [0.15, 0.2) is 5.13 Å². The van der Waals surface area contributed by atoms with Gasteiger partial charge in [-0.1, -0.05) is 23.5 Å². The summed E-state index contributed by atoms with van der Waals surface area (Å²) in [5.74, 6) is 0.967. The maximum absolute atomic E-state index is 11.3. The summed E-state index contributed by atoms with van der Waals surface area (Å²) < 4.78 is 6.02. The number of thioether (sulfide) groups is 1. The Morgan fingerprint density at radius 1 is 1.53 bits per heavy atom. The molecule has 19 heavy (non-hydrogen) atoms. The van der Waals surface area contributed by atoms with Gasteiger partial charge in [0, 0.05) is 5.75 Å². The van der Waals surface area contributed by atoms with Gasteiger partial charge >= 0.3 is 5.97 Å². The number of anilines is 1. The van der Waals surface area contributed by atoms with Crippen LogP contribution in [0.25, 0.3) is 10.2 Å². The lowest BCUT2D eigenvalue weighted by atomic mass is 10.1. The highest BCUT2D eigenvalue weighted by Gasteiger charge is 2.10. The zero-order valence-electron chi connectivity index (χ0n) is 10.9. The summed E-state index contributed by atoms with van der Waals surface area (Å²) in [7, 11) is 0. The number of hydrogen-bond donors (Lipinski definition) is 1. The Morgan fingerprint density at radius 2 is 2.32 bits per heavy atom. The van der Waals surface area contributed by atoms with Crippen LogP contribution >= 0.6 is 23.1 Å². The number of aromatic nitrogens is 1. The molecule has 1 heterocycles. The molecule has 4 nitrogen and oxygen atoms in total. The topological polar surface area (TPSA) is 65.2 Å². The quantitative estimate of drug-likeness (QED) is 0.859. The monoisotopic (exact) mass is 296 g/mol. The average Bonchev–Trinajstić information content (AvgIpc) is 2.75. The summed E-state index contributed by atoms with van der Waals surface area (Å²) in [6, 6.07) is 4.12. The zero-order valence-corrected chi connectivity index (χ0v) is 12.6. The smallest absolute Gasteiger partial charge is 0.315 e. The highest BCUT2D eigenvalue weighted by molar-refractivity contribution is 7.99. The lowest BCUT2D eigenvalue weighted by Crippen LogP contribution is -2.06. The SMILES string of the molecule is CCOC(=O)CSCc1ccc(C)c2nc(N)sc12. The molecule has 1 aromatic heterocycles. The predicted octanol–water partition coefficient (Wildman–Crippen LogP) is 2.98. The second-order valence-electron chi connectivity index (χ2n) is 4.07. The number of nitrogens with zero attached hydrogens (tertiary/aromatic N) is 1. The molecule has 2 rings (SSSR count). The van der Waals surface area contributed by atoms with Gasteiger partial charge in [0.2, 0.25) is 0 Å². The van der Waals surface area contributed by atoms with Crippen LogP contribution in [0.3, 0.4) is 0 Å². The number of benzene rings is 1. The van der Waals surface area contributed by atoms with Crippen LogP contribution < -0.4 is 5.73 Å². The molecule has 102 valence electrons. The molecule has 0 saturated carbocycles. The Morgan fingerprint density at radius 3 is 3.05 bits per heavy atom. The van der Waals surface area contributed by atoms with Crippen LogP contribution in [0.2, 0.25) is 0 Å². The Kier molecular flexibility index (Phi) is 4.66. The van der Waals surface area contributed by atoms with Gasteiger partial charge in [-0.3, -0.25) is 4.79 Å². The van der Waals surface area contributed by atoms with E-state index in [1.54, 1.807) is 11.8 Å². The van der Waals surface area contributed by atoms with E-state index in [0.29, 0.717) is 17.5 Å². The van der Waals surface area contributed by atoms with Crippen molar-refractivity contribution < 1.29 is 9.53 Å². The van der Waals surface area contributed by atoms with E-state index in [0.717, 1.165) is 21.5 Å². The molecule has 0 aliphatic rings. The van der Waals surface area contributed by atoms with Gasteiger partial charge in [0.1, 0.15) is 0 Å². The van der Waals surface area contributed by atoms with Crippen LogP contribution in [-0.4, -0.2) is 23.3 Å². The highest BCUT2D eigenvalue weighted by atomic mass is 32.2. The normalized spacial score (nSPS) is 10.8. The molecule has 0 fully saturated rings. The van der Waals surface area contributed by atoms with Crippen molar-refractivity contribution >= 4 is 44.4 Å². The summed E-state index contributed by atoms with van der Waals surface area (Å²) in [6.07, 6.45) is 0. The standard InChI is InChI=1S/C13H16N2O2S2/c1-3-17-10(16)7-18-6-9-5-4-8(2)11-12(9)19-13(14)15-11/h4-5H,3,6-7H2,1-2H3,(H2,14,15). The Hall–Kier alpha value is -1.27. The Balaban J connectivity index is 2.09. The van der Waals surface area contributed by atoms with Crippen LogP contribution in [-0.2, 0) is 15.3 Å². The first-order chi connectivity index (χ1) is 9.11. The average molecular weight is 296 g/mol. The van der Waals surface area contributed by atoms with Crippen molar-refractivity contribution in [2.75, 3.05) is 18.1 Å². The third kappa shape index (κ3) is 3.39. The molecule has 0 spiro atoms. The predicted molar refractivity (Wildman–Crippen MR) is 81.6 cm³/mol. The summed E-state index contributed by atoms with van der Waals surface area (Å²) in [6.45, 7) is 4.27. The second kappa shape index (κ2) is 6.25. The van der Waals surface area contributed by atoms with E-state index in [9.17, 15) is 4.79 Å². The molecule has 0 amide bonds. The van der Waals surface area contributed by atoms with Gasteiger partial charge in [0.05, 0.1) is 22.6 Å². The molecule has 0 aliphatic carbocycles. The first-order valence-electron chi connectivity index (χ1n) is 5.99. The van der Waals surface area contributed by atoms with Crippen molar-refractivity contribution in [1.29, 1.82) is 0 Å². The molecule has 0 unspecified atom stereocenters. The van der Waals surface area contributed by atoms with E-state index in [2.05, 4.69) is 11.1 Å². The molecule has 0 saturated heterocycles. The van der Waals surface area contributed by atoms with Crippen LogP contribution in [0, 0.1) is 6.92 Å². The van der Waals surface area contributed by atoms with E-state index in [-0.39, 0.29) is 5.97 Å². The van der Waals surface area contributed by atoms with Gasteiger partial charge in [-0.05, 0) is 25.0 Å². The first kappa shape index (κ1) is 14.1. The zero-order chi connectivity index (χ0) is 13.8. The van der Waals surface area contributed by atoms with Crippen LogP contribution in [0.4, 0.5) is 5.13 Å². The van der Waals surface area contributed by atoms with Crippen LogP contribution in [0.1, 0.15) is 18.1 Å². The summed E-state index contributed by atoms with van der Waals surface area (Å²) in [5, 5.41) is 0.584. The Labute approximate surface area is 120 Å². The highest BCUT2D eigenvalue weighted by Crippen LogP contribution is 2.31. The molecule has 0 radical (unpaired) electrons. The number of esters is 1. The van der Waals surface area contributed by atoms with Gasteiger partial charge in [0.25, 0.3) is 0 Å². The number of fused-ring (bicyclic) bond motifs is 1. The molecule has 0 bridgehead atoms. The molecule has 0 aliphatic heterocycles. The van der Waals surface area contributed by atoms with Crippen molar-refractivity contribution in [1.82, 2.24) is 4.98 Å². The number of carbonyl (C=O) groups excluding carboxylic acids is 1. The minimum absolute atomic E-state index is 0.167. The largest absolute Gasteiger partial charge is 0.465 e. The lowest BCUT2D eigenvalue weighted by Gasteiger charge is -2.04. The van der Waals surface area contributed by atoms with E-state index in [4.69, 9.17) is 10.5 Å².